The molecule has 4 rings (SSSR count). The van der Waals surface area contributed by atoms with Crippen molar-refractivity contribution in [3.63, 3.8) is 0 Å². The molecule has 2 heterocycles. The third-order valence-electron chi connectivity index (χ3n) is 4.35. The molecule has 2 aromatic heterocycles. The molecule has 0 unspecified atom stereocenters. The minimum atomic E-state index is -0.450. The van der Waals surface area contributed by atoms with Gasteiger partial charge in [-0.05, 0) is 54.1 Å². The lowest BCUT2D eigenvalue weighted by atomic mass is 10.1. The van der Waals surface area contributed by atoms with Crippen molar-refractivity contribution >= 4 is 29.1 Å². The molecular weight excluding hydrogens is 428 g/mol. The number of benzene rings is 2. The van der Waals surface area contributed by atoms with Crippen LogP contribution in [0.3, 0.4) is 0 Å². The van der Waals surface area contributed by atoms with Gasteiger partial charge in [-0.2, -0.15) is 0 Å². The standard InChI is InChI=1S/C21H14Cl2FN5O/c22-15-4-7-17(8-5-15)29-20(14-2-1-9-25-11-14)19(27-28-29)21(30)26-12-13-3-6-16(24)10-18(13)23/h1-11H,12H2,(H,26,30). The zero-order valence-electron chi connectivity index (χ0n) is 15.4. The monoisotopic (exact) mass is 441 g/mol. The van der Waals surface area contributed by atoms with Gasteiger partial charge < -0.3 is 5.32 Å². The van der Waals surface area contributed by atoms with Gasteiger partial charge in [0.2, 0.25) is 0 Å². The average molecular weight is 442 g/mol. The lowest BCUT2D eigenvalue weighted by molar-refractivity contribution is 0.0946. The molecular formula is C21H14Cl2FN5O. The van der Waals surface area contributed by atoms with Crippen LogP contribution in [-0.2, 0) is 6.54 Å². The second-order valence-corrected chi connectivity index (χ2v) is 7.18. The van der Waals surface area contributed by atoms with E-state index >= 15 is 0 Å². The van der Waals surface area contributed by atoms with Gasteiger partial charge >= 0.3 is 0 Å². The molecule has 0 aliphatic carbocycles. The lowest BCUT2D eigenvalue weighted by Crippen LogP contribution is -2.24. The summed E-state index contributed by atoms with van der Waals surface area (Å²) >= 11 is 12.0. The maximum atomic E-state index is 13.2. The molecule has 4 aromatic rings. The zero-order chi connectivity index (χ0) is 21.1. The number of amides is 1. The summed E-state index contributed by atoms with van der Waals surface area (Å²) in [5.74, 6) is -0.894. The first-order valence-corrected chi connectivity index (χ1v) is 9.62. The van der Waals surface area contributed by atoms with Crippen molar-refractivity contribution in [3.8, 4) is 16.9 Å². The quantitative estimate of drug-likeness (QED) is 0.486. The molecule has 0 bridgehead atoms. The largest absolute Gasteiger partial charge is 0.346 e. The summed E-state index contributed by atoms with van der Waals surface area (Å²) in [7, 11) is 0. The Labute approximate surface area is 181 Å². The lowest BCUT2D eigenvalue weighted by Gasteiger charge is -2.09. The molecule has 2 aromatic carbocycles. The SMILES string of the molecule is O=C(NCc1ccc(F)cc1Cl)c1nnn(-c2ccc(Cl)cc2)c1-c1cccnc1. The van der Waals surface area contributed by atoms with E-state index in [9.17, 15) is 9.18 Å². The molecule has 0 atom stereocenters. The molecule has 6 nitrogen and oxygen atoms in total. The van der Waals surface area contributed by atoms with E-state index in [-0.39, 0.29) is 17.3 Å². The molecule has 150 valence electrons. The maximum absolute atomic E-state index is 13.2. The Morgan fingerprint density at radius 3 is 2.60 bits per heavy atom. The summed E-state index contributed by atoms with van der Waals surface area (Å²) in [6.45, 7) is 0.109. The second kappa shape index (κ2) is 8.61. The Bertz CT molecular complexity index is 1200. The van der Waals surface area contributed by atoms with Gasteiger partial charge in [0.05, 0.1) is 5.69 Å². The molecule has 0 spiro atoms. The number of pyridine rings is 1. The number of nitrogens with zero attached hydrogens (tertiary/aromatic N) is 4. The first kappa shape index (κ1) is 20.0. The van der Waals surface area contributed by atoms with E-state index in [1.807, 2.05) is 6.07 Å². The summed E-state index contributed by atoms with van der Waals surface area (Å²) in [6, 6.07) is 14.6. The van der Waals surface area contributed by atoms with E-state index in [4.69, 9.17) is 23.2 Å². The van der Waals surface area contributed by atoms with Crippen LogP contribution in [0.15, 0.2) is 67.0 Å². The van der Waals surface area contributed by atoms with E-state index in [0.717, 1.165) is 0 Å². The van der Waals surface area contributed by atoms with Crippen molar-refractivity contribution in [2.75, 3.05) is 0 Å². The van der Waals surface area contributed by atoms with Gasteiger partial charge in [-0.1, -0.05) is 34.5 Å². The van der Waals surface area contributed by atoms with Gasteiger partial charge in [-0.25, -0.2) is 9.07 Å². The minimum absolute atomic E-state index is 0.109. The normalized spacial score (nSPS) is 10.8. The maximum Gasteiger partial charge on any atom is 0.274 e. The molecule has 0 fully saturated rings. The van der Waals surface area contributed by atoms with Gasteiger partial charge in [0.25, 0.3) is 5.91 Å². The highest BCUT2D eigenvalue weighted by Crippen LogP contribution is 2.25. The first-order valence-electron chi connectivity index (χ1n) is 8.87. The topological polar surface area (TPSA) is 72.7 Å². The number of hydrogen-bond acceptors (Lipinski definition) is 4. The summed E-state index contributed by atoms with van der Waals surface area (Å²) in [6.07, 6.45) is 3.26. The number of halogens is 3. The van der Waals surface area contributed by atoms with Gasteiger partial charge in [0.1, 0.15) is 11.5 Å². The van der Waals surface area contributed by atoms with E-state index < -0.39 is 11.7 Å². The third-order valence-corrected chi connectivity index (χ3v) is 4.95. The fourth-order valence-corrected chi connectivity index (χ4v) is 3.24. The predicted molar refractivity (Wildman–Crippen MR) is 112 cm³/mol. The highest BCUT2D eigenvalue weighted by molar-refractivity contribution is 6.31. The van der Waals surface area contributed by atoms with E-state index in [1.165, 1.54) is 18.2 Å². The number of aromatic nitrogens is 4. The Balaban J connectivity index is 1.69. The molecule has 30 heavy (non-hydrogen) atoms. The van der Waals surface area contributed by atoms with Crippen molar-refractivity contribution in [1.29, 1.82) is 0 Å². The Morgan fingerprint density at radius 1 is 1.10 bits per heavy atom. The average Bonchev–Trinajstić information content (AvgIpc) is 3.19. The molecule has 0 saturated heterocycles. The fraction of sp³-hybridized carbons (Fsp3) is 0.0476. The molecule has 1 amide bonds. The van der Waals surface area contributed by atoms with Crippen molar-refractivity contribution in [2.45, 2.75) is 6.54 Å². The summed E-state index contributed by atoms with van der Waals surface area (Å²) in [4.78, 5) is 17.0. The molecule has 0 aliphatic rings. The molecule has 0 aliphatic heterocycles. The zero-order valence-corrected chi connectivity index (χ0v) is 16.9. The van der Waals surface area contributed by atoms with Crippen LogP contribution in [0.1, 0.15) is 16.1 Å². The third kappa shape index (κ3) is 4.17. The van der Waals surface area contributed by atoms with Crippen molar-refractivity contribution in [1.82, 2.24) is 25.3 Å². The summed E-state index contributed by atoms with van der Waals surface area (Å²) < 4.78 is 14.8. The highest BCUT2D eigenvalue weighted by Gasteiger charge is 2.22. The van der Waals surface area contributed by atoms with Crippen LogP contribution in [0.2, 0.25) is 10.0 Å². The van der Waals surface area contributed by atoms with E-state index in [1.54, 1.807) is 47.4 Å². The number of carbonyl (C=O) groups excluding carboxylic acids is 1. The van der Waals surface area contributed by atoms with E-state index in [0.29, 0.717) is 27.5 Å². The number of rotatable bonds is 5. The van der Waals surface area contributed by atoms with Crippen molar-refractivity contribution in [2.24, 2.45) is 0 Å². The number of nitrogens with one attached hydrogen (secondary N) is 1. The van der Waals surface area contributed by atoms with Crippen molar-refractivity contribution in [3.05, 3.63) is 94.1 Å². The van der Waals surface area contributed by atoms with Gasteiger partial charge in [-0.3, -0.25) is 9.78 Å². The second-order valence-electron chi connectivity index (χ2n) is 6.33. The Kier molecular flexibility index (Phi) is 5.74. The van der Waals surface area contributed by atoms with Crippen LogP contribution >= 0.6 is 23.2 Å². The van der Waals surface area contributed by atoms with Gasteiger partial charge in [-0.15, -0.1) is 5.10 Å². The molecule has 0 radical (unpaired) electrons. The fourth-order valence-electron chi connectivity index (χ4n) is 2.88. The number of carbonyl (C=O) groups is 1. The smallest absolute Gasteiger partial charge is 0.274 e. The van der Waals surface area contributed by atoms with Crippen LogP contribution in [0.5, 0.6) is 0 Å². The van der Waals surface area contributed by atoms with Crippen molar-refractivity contribution < 1.29 is 9.18 Å². The van der Waals surface area contributed by atoms with Crippen LogP contribution < -0.4 is 5.32 Å². The summed E-state index contributed by atoms with van der Waals surface area (Å²) in [5.41, 5.74) is 2.54. The van der Waals surface area contributed by atoms with Crippen LogP contribution in [0.4, 0.5) is 4.39 Å². The molecule has 0 saturated carbocycles. The van der Waals surface area contributed by atoms with Gasteiger partial charge in [0.15, 0.2) is 5.69 Å². The molecule has 1 N–H and O–H groups in total. The predicted octanol–water partition coefficient (Wildman–Crippen LogP) is 4.71. The van der Waals surface area contributed by atoms with Crippen LogP contribution in [0, 0.1) is 5.82 Å². The van der Waals surface area contributed by atoms with Crippen LogP contribution in [0.25, 0.3) is 16.9 Å². The van der Waals surface area contributed by atoms with Crippen LogP contribution in [-0.4, -0.2) is 25.9 Å². The first-order chi connectivity index (χ1) is 14.5. The number of hydrogen-bond donors (Lipinski definition) is 1. The minimum Gasteiger partial charge on any atom is -0.346 e. The highest BCUT2D eigenvalue weighted by atomic mass is 35.5. The Morgan fingerprint density at radius 2 is 1.90 bits per heavy atom. The van der Waals surface area contributed by atoms with Gasteiger partial charge in [0, 0.05) is 34.5 Å². The Hall–Kier alpha value is -3.29. The molecule has 9 heteroatoms. The van der Waals surface area contributed by atoms with E-state index in [2.05, 4.69) is 20.6 Å². The summed E-state index contributed by atoms with van der Waals surface area (Å²) in [5, 5.41) is 11.8.